The van der Waals surface area contributed by atoms with Gasteiger partial charge in [0, 0.05) is 13.1 Å². The molecule has 0 aromatic heterocycles. The highest BCUT2D eigenvalue weighted by atomic mass is 16.3. The lowest BCUT2D eigenvalue weighted by atomic mass is 9.74. The average Bonchev–Trinajstić information content (AvgIpc) is 2.79. The van der Waals surface area contributed by atoms with E-state index in [-0.39, 0.29) is 6.10 Å². The van der Waals surface area contributed by atoms with Crippen LogP contribution in [-0.4, -0.2) is 35.7 Å². The quantitative estimate of drug-likeness (QED) is 0.832. The molecule has 1 aliphatic carbocycles. The third kappa shape index (κ3) is 3.48. The molecule has 18 heavy (non-hydrogen) atoms. The van der Waals surface area contributed by atoms with Gasteiger partial charge in [-0.05, 0) is 55.9 Å². The molecule has 1 heterocycles. The van der Waals surface area contributed by atoms with Crippen LogP contribution in [0.25, 0.3) is 0 Å². The zero-order chi connectivity index (χ0) is 13.1. The molecule has 106 valence electrons. The number of aliphatic hydroxyl groups is 1. The molecule has 2 fully saturated rings. The number of aliphatic hydroxyl groups excluding tert-OH is 1. The minimum Gasteiger partial charge on any atom is -0.393 e. The molecule has 2 nitrogen and oxygen atoms in total. The Labute approximate surface area is 113 Å². The van der Waals surface area contributed by atoms with Gasteiger partial charge in [-0.15, -0.1) is 0 Å². The van der Waals surface area contributed by atoms with E-state index < -0.39 is 0 Å². The van der Waals surface area contributed by atoms with Crippen molar-refractivity contribution < 1.29 is 5.11 Å². The van der Waals surface area contributed by atoms with E-state index in [0.717, 1.165) is 30.7 Å². The van der Waals surface area contributed by atoms with E-state index in [0.29, 0.717) is 5.92 Å². The van der Waals surface area contributed by atoms with Crippen molar-refractivity contribution in [3.63, 3.8) is 0 Å². The van der Waals surface area contributed by atoms with Gasteiger partial charge in [0.1, 0.15) is 0 Å². The number of hydrogen-bond acceptors (Lipinski definition) is 2. The highest BCUT2D eigenvalue weighted by Gasteiger charge is 2.33. The van der Waals surface area contributed by atoms with Gasteiger partial charge in [0.2, 0.25) is 0 Å². The molecule has 0 aromatic carbocycles. The Balaban J connectivity index is 1.83. The molecule has 4 unspecified atom stereocenters. The first-order valence-electron chi connectivity index (χ1n) is 8.00. The Morgan fingerprint density at radius 1 is 1.22 bits per heavy atom. The van der Waals surface area contributed by atoms with Gasteiger partial charge in [0.05, 0.1) is 6.10 Å². The van der Waals surface area contributed by atoms with Gasteiger partial charge in [-0.3, -0.25) is 0 Å². The molecule has 2 rings (SSSR count). The van der Waals surface area contributed by atoms with Crippen molar-refractivity contribution >= 4 is 0 Å². The Hall–Kier alpha value is -0.0800. The van der Waals surface area contributed by atoms with Gasteiger partial charge < -0.3 is 10.0 Å². The summed E-state index contributed by atoms with van der Waals surface area (Å²) in [6.45, 7) is 10.6. The van der Waals surface area contributed by atoms with Crippen molar-refractivity contribution in [2.75, 3.05) is 19.6 Å². The summed E-state index contributed by atoms with van der Waals surface area (Å²) in [5.74, 6) is 3.05. The fraction of sp³-hybridized carbons (Fsp3) is 1.00. The van der Waals surface area contributed by atoms with E-state index in [9.17, 15) is 5.11 Å². The van der Waals surface area contributed by atoms with Crippen LogP contribution in [0.3, 0.4) is 0 Å². The van der Waals surface area contributed by atoms with Crippen molar-refractivity contribution in [2.24, 2.45) is 23.7 Å². The number of nitrogens with zero attached hydrogens (tertiary/aromatic N) is 1. The topological polar surface area (TPSA) is 23.5 Å². The van der Waals surface area contributed by atoms with Gasteiger partial charge in [-0.25, -0.2) is 0 Å². The second-order valence-corrected chi connectivity index (χ2v) is 6.97. The van der Waals surface area contributed by atoms with E-state index in [2.05, 4.69) is 25.7 Å². The monoisotopic (exact) mass is 253 g/mol. The lowest BCUT2D eigenvalue weighted by Crippen LogP contribution is -2.39. The number of likely N-dealkylation sites (tertiary alicyclic amines) is 1. The van der Waals surface area contributed by atoms with Crippen LogP contribution >= 0.6 is 0 Å². The Morgan fingerprint density at radius 2 is 2.00 bits per heavy atom. The molecule has 0 radical (unpaired) electrons. The van der Waals surface area contributed by atoms with Crippen molar-refractivity contribution in [1.29, 1.82) is 0 Å². The smallest absolute Gasteiger partial charge is 0.0580 e. The molecule has 0 aromatic rings. The Bertz CT molecular complexity index is 253. The molecule has 4 atom stereocenters. The standard InChI is InChI=1S/C16H31NO/c1-4-13-7-8-17(10-13)11-15-9-14(12(2)3)5-6-16(15)18/h12-16,18H,4-11H2,1-3H3. The fourth-order valence-corrected chi connectivity index (χ4v) is 3.83. The van der Waals surface area contributed by atoms with Crippen LogP contribution in [0, 0.1) is 23.7 Å². The Morgan fingerprint density at radius 3 is 2.61 bits per heavy atom. The molecule has 1 N–H and O–H groups in total. The van der Waals surface area contributed by atoms with Crippen LogP contribution in [0.1, 0.15) is 52.9 Å². The molecule has 1 saturated carbocycles. The first-order chi connectivity index (χ1) is 8.60. The highest BCUT2D eigenvalue weighted by Crippen LogP contribution is 2.35. The average molecular weight is 253 g/mol. The van der Waals surface area contributed by atoms with Crippen LogP contribution < -0.4 is 0 Å². The van der Waals surface area contributed by atoms with Crippen LogP contribution in [0.15, 0.2) is 0 Å². The summed E-state index contributed by atoms with van der Waals surface area (Å²) in [5.41, 5.74) is 0. The third-order valence-electron chi connectivity index (χ3n) is 5.37. The van der Waals surface area contributed by atoms with E-state index >= 15 is 0 Å². The van der Waals surface area contributed by atoms with Gasteiger partial charge >= 0.3 is 0 Å². The lowest BCUT2D eigenvalue weighted by Gasteiger charge is -2.37. The van der Waals surface area contributed by atoms with Gasteiger partial charge in [-0.2, -0.15) is 0 Å². The van der Waals surface area contributed by atoms with E-state index in [1.165, 1.54) is 38.8 Å². The van der Waals surface area contributed by atoms with Crippen LogP contribution in [0.4, 0.5) is 0 Å². The predicted octanol–water partition coefficient (Wildman–Crippen LogP) is 3.15. The number of hydrogen-bond donors (Lipinski definition) is 1. The molecule has 1 saturated heterocycles. The summed E-state index contributed by atoms with van der Waals surface area (Å²) in [6.07, 6.45) is 6.14. The number of rotatable bonds is 4. The fourth-order valence-electron chi connectivity index (χ4n) is 3.83. The summed E-state index contributed by atoms with van der Waals surface area (Å²) in [5, 5.41) is 10.2. The second kappa shape index (κ2) is 6.38. The van der Waals surface area contributed by atoms with Gasteiger partial charge in [-0.1, -0.05) is 27.2 Å². The first-order valence-corrected chi connectivity index (χ1v) is 8.00. The van der Waals surface area contributed by atoms with E-state index in [1.54, 1.807) is 0 Å². The SMILES string of the molecule is CCC1CCN(CC2CC(C(C)C)CCC2O)C1. The van der Waals surface area contributed by atoms with Crippen molar-refractivity contribution in [3.8, 4) is 0 Å². The van der Waals surface area contributed by atoms with E-state index in [4.69, 9.17) is 0 Å². The van der Waals surface area contributed by atoms with Gasteiger partial charge in [0.25, 0.3) is 0 Å². The van der Waals surface area contributed by atoms with Gasteiger partial charge in [0.15, 0.2) is 0 Å². The maximum atomic E-state index is 10.2. The zero-order valence-corrected chi connectivity index (χ0v) is 12.4. The molecule has 0 spiro atoms. The molecule has 1 aliphatic heterocycles. The molecular weight excluding hydrogens is 222 g/mol. The summed E-state index contributed by atoms with van der Waals surface area (Å²) in [6, 6.07) is 0. The molecular formula is C16H31NO. The minimum absolute atomic E-state index is 0.0410. The molecule has 2 heteroatoms. The summed E-state index contributed by atoms with van der Waals surface area (Å²) < 4.78 is 0. The van der Waals surface area contributed by atoms with Crippen LogP contribution in [0.2, 0.25) is 0 Å². The summed E-state index contributed by atoms with van der Waals surface area (Å²) in [4.78, 5) is 2.60. The second-order valence-electron chi connectivity index (χ2n) is 6.97. The normalized spacial score (nSPS) is 38.5. The molecule has 0 bridgehead atoms. The maximum absolute atomic E-state index is 10.2. The molecule has 0 amide bonds. The van der Waals surface area contributed by atoms with Crippen LogP contribution in [0.5, 0.6) is 0 Å². The van der Waals surface area contributed by atoms with Crippen LogP contribution in [-0.2, 0) is 0 Å². The maximum Gasteiger partial charge on any atom is 0.0580 e. The lowest BCUT2D eigenvalue weighted by molar-refractivity contribution is 0.0216. The largest absolute Gasteiger partial charge is 0.393 e. The summed E-state index contributed by atoms with van der Waals surface area (Å²) >= 11 is 0. The third-order valence-corrected chi connectivity index (χ3v) is 5.37. The summed E-state index contributed by atoms with van der Waals surface area (Å²) in [7, 11) is 0. The first kappa shape index (κ1) is 14.3. The van der Waals surface area contributed by atoms with Crippen molar-refractivity contribution in [2.45, 2.75) is 59.0 Å². The molecule has 2 aliphatic rings. The van der Waals surface area contributed by atoms with Crippen molar-refractivity contribution in [3.05, 3.63) is 0 Å². The zero-order valence-electron chi connectivity index (χ0n) is 12.4. The Kier molecular flexibility index (Phi) is 5.08. The van der Waals surface area contributed by atoms with Crippen molar-refractivity contribution in [1.82, 2.24) is 4.90 Å². The highest BCUT2D eigenvalue weighted by molar-refractivity contribution is 4.85. The van der Waals surface area contributed by atoms with E-state index in [1.807, 2.05) is 0 Å². The minimum atomic E-state index is -0.0410. The predicted molar refractivity (Wildman–Crippen MR) is 76.5 cm³/mol.